The van der Waals surface area contributed by atoms with Crippen molar-refractivity contribution < 1.29 is 14.4 Å². The highest BCUT2D eigenvalue weighted by Crippen LogP contribution is 2.34. The zero-order valence-electron chi connectivity index (χ0n) is 13.6. The van der Waals surface area contributed by atoms with Gasteiger partial charge in [0, 0.05) is 13.0 Å². The van der Waals surface area contributed by atoms with Crippen LogP contribution in [0, 0.1) is 0 Å². The highest BCUT2D eigenvalue weighted by molar-refractivity contribution is 6.44. The summed E-state index contributed by atoms with van der Waals surface area (Å²) < 4.78 is 0. The SMILES string of the molecule is O=C(CCN1C(=O)NC2(CCCCC2)C1=O)Nc1cccc(Cl)c1Cl. The maximum Gasteiger partial charge on any atom is 0.325 e. The second-order valence-corrected chi connectivity index (χ2v) is 7.21. The average Bonchev–Trinajstić information content (AvgIpc) is 2.81. The number of carbonyl (C=O) groups excluding carboxylic acids is 3. The summed E-state index contributed by atoms with van der Waals surface area (Å²) in [7, 11) is 0. The maximum absolute atomic E-state index is 12.6. The number of imide groups is 1. The third-order valence-electron chi connectivity index (χ3n) is 4.74. The quantitative estimate of drug-likeness (QED) is 0.779. The van der Waals surface area contributed by atoms with Gasteiger partial charge >= 0.3 is 6.03 Å². The normalized spacial score (nSPS) is 19.2. The van der Waals surface area contributed by atoms with E-state index in [1.54, 1.807) is 18.2 Å². The Hall–Kier alpha value is -1.79. The molecule has 6 nitrogen and oxygen atoms in total. The Kier molecular flexibility index (Phi) is 5.20. The van der Waals surface area contributed by atoms with E-state index in [0.29, 0.717) is 23.6 Å². The van der Waals surface area contributed by atoms with Crippen LogP contribution in [0.3, 0.4) is 0 Å². The largest absolute Gasteiger partial charge is 0.325 e. The van der Waals surface area contributed by atoms with Gasteiger partial charge < -0.3 is 10.6 Å². The molecule has 0 unspecified atom stereocenters. The first kappa shape index (κ1) is 18.0. The zero-order valence-corrected chi connectivity index (χ0v) is 15.1. The highest BCUT2D eigenvalue weighted by atomic mass is 35.5. The molecule has 4 amide bonds. The fourth-order valence-corrected chi connectivity index (χ4v) is 3.75. The van der Waals surface area contributed by atoms with Crippen molar-refractivity contribution >= 4 is 46.7 Å². The number of amides is 4. The Balaban J connectivity index is 1.59. The van der Waals surface area contributed by atoms with Crippen LogP contribution in [0.15, 0.2) is 18.2 Å². The van der Waals surface area contributed by atoms with Crippen LogP contribution in [0.25, 0.3) is 0 Å². The van der Waals surface area contributed by atoms with E-state index in [1.807, 2.05) is 0 Å². The molecule has 25 heavy (non-hydrogen) atoms. The molecule has 134 valence electrons. The molecule has 0 radical (unpaired) electrons. The second-order valence-electron chi connectivity index (χ2n) is 6.43. The maximum atomic E-state index is 12.6. The lowest BCUT2D eigenvalue weighted by molar-refractivity contribution is -0.132. The van der Waals surface area contributed by atoms with Gasteiger partial charge in [0.2, 0.25) is 5.91 Å². The molecule has 0 aromatic heterocycles. The summed E-state index contributed by atoms with van der Waals surface area (Å²) >= 11 is 11.9. The van der Waals surface area contributed by atoms with Gasteiger partial charge in [-0.15, -0.1) is 0 Å². The van der Waals surface area contributed by atoms with Gasteiger partial charge in [-0.3, -0.25) is 14.5 Å². The van der Waals surface area contributed by atoms with Gasteiger partial charge in [0.05, 0.1) is 15.7 Å². The van der Waals surface area contributed by atoms with Crippen LogP contribution in [-0.2, 0) is 9.59 Å². The van der Waals surface area contributed by atoms with Gasteiger partial charge in [-0.25, -0.2) is 4.79 Å². The number of carbonyl (C=O) groups is 3. The van der Waals surface area contributed by atoms with E-state index in [9.17, 15) is 14.4 Å². The Bertz CT molecular complexity index is 717. The van der Waals surface area contributed by atoms with E-state index in [0.717, 1.165) is 24.2 Å². The minimum absolute atomic E-state index is 0.00190. The van der Waals surface area contributed by atoms with Crippen LogP contribution >= 0.6 is 23.2 Å². The molecule has 2 N–H and O–H groups in total. The minimum Gasteiger partial charge on any atom is -0.325 e. The lowest BCUT2D eigenvalue weighted by Gasteiger charge is -2.30. The molecule has 1 aliphatic heterocycles. The van der Waals surface area contributed by atoms with E-state index >= 15 is 0 Å². The number of benzene rings is 1. The number of anilines is 1. The van der Waals surface area contributed by atoms with Crippen molar-refractivity contribution in [2.75, 3.05) is 11.9 Å². The van der Waals surface area contributed by atoms with Crippen LogP contribution in [0.1, 0.15) is 38.5 Å². The summed E-state index contributed by atoms with van der Waals surface area (Å²) in [6.07, 6.45) is 4.25. The first-order valence-corrected chi connectivity index (χ1v) is 9.06. The van der Waals surface area contributed by atoms with Gasteiger partial charge in [0.1, 0.15) is 5.54 Å². The minimum atomic E-state index is -0.762. The first-order chi connectivity index (χ1) is 11.9. The molecule has 0 atom stereocenters. The number of hydrogen-bond donors (Lipinski definition) is 2. The molecular weight excluding hydrogens is 365 g/mol. The molecule has 1 spiro atoms. The zero-order chi connectivity index (χ0) is 18.0. The summed E-state index contributed by atoms with van der Waals surface area (Å²) in [5, 5.41) is 6.08. The third-order valence-corrected chi connectivity index (χ3v) is 5.56. The third kappa shape index (κ3) is 3.60. The Morgan fingerprint density at radius 3 is 2.64 bits per heavy atom. The van der Waals surface area contributed by atoms with E-state index in [2.05, 4.69) is 10.6 Å². The van der Waals surface area contributed by atoms with Crippen LogP contribution in [0.2, 0.25) is 10.0 Å². The molecule has 1 aromatic rings. The predicted molar refractivity (Wildman–Crippen MR) is 95.8 cm³/mol. The summed E-state index contributed by atoms with van der Waals surface area (Å²) in [5.74, 6) is -0.555. The van der Waals surface area contributed by atoms with Gasteiger partial charge in [-0.1, -0.05) is 48.5 Å². The van der Waals surface area contributed by atoms with Crippen LogP contribution in [0.5, 0.6) is 0 Å². The molecule has 1 aromatic carbocycles. The van der Waals surface area contributed by atoms with Gasteiger partial charge in [-0.05, 0) is 25.0 Å². The first-order valence-electron chi connectivity index (χ1n) is 8.31. The Labute approximate surface area is 155 Å². The molecule has 1 aliphatic carbocycles. The summed E-state index contributed by atoms with van der Waals surface area (Å²) in [6, 6.07) is 4.52. The number of nitrogens with one attached hydrogen (secondary N) is 2. The lowest BCUT2D eigenvalue weighted by Crippen LogP contribution is -2.48. The van der Waals surface area contributed by atoms with Crippen molar-refractivity contribution in [3.63, 3.8) is 0 Å². The van der Waals surface area contributed by atoms with Crippen molar-refractivity contribution in [1.29, 1.82) is 0 Å². The Morgan fingerprint density at radius 1 is 1.20 bits per heavy atom. The second kappa shape index (κ2) is 7.22. The van der Waals surface area contributed by atoms with Crippen molar-refractivity contribution in [2.45, 2.75) is 44.1 Å². The fourth-order valence-electron chi connectivity index (χ4n) is 3.40. The molecule has 2 aliphatic rings. The smallest absolute Gasteiger partial charge is 0.325 e. The summed E-state index contributed by atoms with van der Waals surface area (Å²) in [4.78, 5) is 38.1. The number of hydrogen-bond acceptors (Lipinski definition) is 3. The van der Waals surface area contributed by atoms with Gasteiger partial charge in [0.15, 0.2) is 0 Å². The van der Waals surface area contributed by atoms with Crippen molar-refractivity contribution in [3.05, 3.63) is 28.2 Å². The van der Waals surface area contributed by atoms with E-state index < -0.39 is 11.6 Å². The summed E-state index contributed by atoms with van der Waals surface area (Å²) in [6.45, 7) is 0.0381. The monoisotopic (exact) mass is 383 g/mol. The number of nitrogens with zero attached hydrogens (tertiary/aromatic N) is 1. The number of rotatable bonds is 4. The number of urea groups is 1. The molecule has 2 fully saturated rings. The van der Waals surface area contributed by atoms with E-state index in [-0.39, 0.29) is 29.8 Å². The van der Waals surface area contributed by atoms with E-state index in [4.69, 9.17) is 23.2 Å². The standard InChI is InChI=1S/C17H19Cl2N3O3/c18-11-5-4-6-12(14(11)19)20-13(23)7-10-22-15(24)17(21-16(22)25)8-2-1-3-9-17/h4-6H,1-3,7-10H2,(H,20,23)(H,21,25). The molecular formula is C17H19Cl2N3O3. The average molecular weight is 384 g/mol. The lowest BCUT2D eigenvalue weighted by atomic mass is 9.82. The predicted octanol–water partition coefficient (Wildman–Crippen LogP) is 3.58. The van der Waals surface area contributed by atoms with E-state index in [1.165, 1.54) is 0 Å². The highest BCUT2D eigenvalue weighted by Gasteiger charge is 2.51. The van der Waals surface area contributed by atoms with Crippen molar-refractivity contribution in [2.24, 2.45) is 0 Å². The summed E-state index contributed by atoms with van der Waals surface area (Å²) in [5.41, 5.74) is -0.359. The molecule has 3 rings (SSSR count). The van der Waals surface area contributed by atoms with Crippen molar-refractivity contribution in [1.82, 2.24) is 10.2 Å². The van der Waals surface area contributed by atoms with Crippen LogP contribution in [-0.4, -0.2) is 34.8 Å². The topological polar surface area (TPSA) is 78.5 Å². The van der Waals surface area contributed by atoms with Gasteiger partial charge in [-0.2, -0.15) is 0 Å². The van der Waals surface area contributed by atoms with Crippen LogP contribution in [0.4, 0.5) is 10.5 Å². The molecule has 1 saturated carbocycles. The fraction of sp³-hybridized carbons (Fsp3) is 0.471. The molecule has 1 heterocycles. The van der Waals surface area contributed by atoms with Gasteiger partial charge in [0.25, 0.3) is 5.91 Å². The Morgan fingerprint density at radius 2 is 1.92 bits per heavy atom. The van der Waals surface area contributed by atoms with Crippen molar-refractivity contribution in [3.8, 4) is 0 Å². The van der Waals surface area contributed by atoms with Crippen LogP contribution < -0.4 is 10.6 Å². The molecule has 0 bridgehead atoms. The molecule has 1 saturated heterocycles. The number of halogens is 2. The molecule has 8 heteroatoms.